The maximum absolute atomic E-state index is 12.4. The van der Waals surface area contributed by atoms with E-state index in [2.05, 4.69) is 17.6 Å². The monoisotopic (exact) mass is 354 g/mol. The van der Waals surface area contributed by atoms with Gasteiger partial charge in [0.05, 0.1) is 6.10 Å². The Balaban J connectivity index is 1.98. The number of carbonyl (C=O) groups is 2. The van der Waals surface area contributed by atoms with Crippen molar-refractivity contribution in [2.45, 2.75) is 39.7 Å². The molecule has 0 aliphatic carbocycles. The average molecular weight is 354 g/mol. The molecule has 0 aliphatic rings. The molecule has 0 saturated carbocycles. The van der Waals surface area contributed by atoms with Crippen molar-refractivity contribution in [3.63, 3.8) is 0 Å². The van der Waals surface area contributed by atoms with Crippen LogP contribution in [0.15, 0.2) is 48.5 Å². The fraction of sp³-hybridized carbons (Fsp3) is 0.333. The highest BCUT2D eigenvalue weighted by molar-refractivity contribution is 6.04. The molecule has 0 aliphatic heterocycles. The second kappa shape index (κ2) is 9.61. The number of benzene rings is 2. The number of ether oxygens (including phenoxy) is 1. The standard InChI is InChI=1S/C21H26N2O3/c1-4-5-13-22-20(24)16-9-11-18(12-10-16)23-21(25)17-7-6-8-19(14-17)26-15(2)3/h6-12,14-15H,4-5,13H2,1-3H3,(H,22,24)(H,23,25). The van der Waals surface area contributed by atoms with Crippen LogP contribution in [0.2, 0.25) is 0 Å². The van der Waals surface area contributed by atoms with Crippen LogP contribution in [0.25, 0.3) is 0 Å². The lowest BCUT2D eigenvalue weighted by Crippen LogP contribution is -2.24. The molecule has 2 N–H and O–H groups in total. The maximum atomic E-state index is 12.4. The third-order valence-corrected chi connectivity index (χ3v) is 3.69. The Morgan fingerprint density at radius 3 is 2.38 bits per heavy atom. The molecule has 2 aromatic rings. The van der Waals surface area contributed by atoms with Gasteiger partial charge in [0, 0.05) is 23.4 Å². The second-order valence-electron chi connectivity index (χ2n) is 6.34. The molecular weight excluding hydrogens is 328 g/mol. The van der Waals surface area contributed by atoms with Gasteiger partial charge in [0.15, 0.2) is 0 Å². The number of anilines is 1. The van der Waals surface area contributed by atoms with Crippen LogP contribution in [-0.2, 0) is 0 Å². The first-order valence-electron chi connectivity index (χ1n) is 8.96. The predicted octanol–water partition coefficient (Wildman–Crippen LogP) is 4.26. The second-order valence-corrected chi connectivity index (χ2v) is 6.34. The zero-order chi connectivity index (χ0) is 18.9. The molecule has 0 atom stereocenters. The van der Waals surface area contributed by atoms with Crippen molar-refractivity contribution in [2.24, 2.45) is 0 Å². The molecule has 0 bridgehead atoms. The molecule has 0 saturated heterocycles. The molecule has 0 fully saturated rings. The van der Waals surface area contributed by atoms with Crippen molar-refractivity contribution >= 4 is 17.5 Å². The molecule has 0 aromatic heterocycles. The lowest BCUT2D eigenvalue weighted by Gasteiger charge is -2.11. The van der Waals surface area contributed by atoms with E-state index in [1.165, 1.54) is 0 Å². The van der Waals surface area contributed by atoms with E-state index < -0.39 is 0 Å². The van der Waals surface area contributed by atoms with Crippen molar-refractivity contribution < 1.29 is 14.3 Å². The molecule has 2 rings (SSSR count). The fourth-order valence-electron chi connectivity index (χ4n) is 2.37. The first-order chi connectivity index (χ1) is 12.5. The van der Waals surface area contributed by atoms with E-state index in [-0.39, 0.29) is 17.9 Å². The third-order valence-electron chi connectivity index (χ3n) is 3.69. The lowest BCUT2D eigenvalue weighted by molar-refractivity contribution is 0.0952. The molecule has 2 amide bonds. The Kier molecular flexibility index (Phi) is 7.21. The van der Waals surface area contributed by atoms with Gasteiger partial charge in [0.1, 0.15) is 5.75 Å². The number of carbonyl (C=O) groups excluding carboxylic acids is 2. The van der Waals surface area contributed by atoms with Crippen LogP contribution < -0.4 is 15.4 Å². The molecular formula is C21H26N2O3. The summed E-state index contributed by atoms with van der Waals surface area (Å²) in [5, 5.41) is 5.70. The van der Waals surface area contributed by atoms with Gasteiger partial charge in [-0.15, -0.1) is 0 Å². The SMILES string of the molecule is CCCCNC(=O)c1ccc(NC(=O)c2cccc(OC(C)C)c2)cc1. The van der Waals surface area contributed by atoms with Gasteiger partial charge in [-0.25, -0.2) is 0 Å². The molecule has 5 nitrogen and oxygen atoms in total. The Bertz CT molecular complexity index is 739. The van der Waals surface area contributed by atoms with Crippen LogP contribution in [0.5, 0.6) is 5.75 Å². The molecule has 0 radical (unpaired) electrons. The van der Waals surface area contributed by atoms with Crippen LogP contribution in [-0.4, -0.2) is 24.5 Å². The first kappa shape index (κ1) is 19.5. The minimum atomic E-state index is -0.223. The summed E-state index contributed by atoms with van der Waals surface area (Å²) in [5.41, 5.74) is 1.73. The van der Waals surface area contributed by atoms with Gasteiger partial charge in [-0.3, -0.25) is 9.59 Å². The van der Waals surface area contributed by atoms with Crippen LogP contribution in [0.4, 0.5) is 5.69 Å². The molecule has 5 heteroatoms. The Labute approximate surface area is 154 Å². The van der Waals surface area contributed by atoms with Gasteiger partial charge >= 0.3 is 0 Å². The third kappa shape index (κ3) is 5.92. The highest BCUT2D eigenvalue weighted by Crippen LogP contribution is 2.17. The van der Waals surface area contributed by atoms with Gasteiger partial charge in [0.25, 0.3) is 11.8 Å². The van der Waals surface area contributed by atoms with E-state index in [0.29, 0.717) is 29.1 Å². The summed E-state index contributed by atoms with van der Waals surface area (Å²) >= 11 is 0. The summed E-state index contributed by atoms with van der Waals surface area (Å²) in [4.78, 5) is 24.4. The Morgan fingerprint density at radius 1 is 1.00 bits per heavy atom. The largest absolute Gasteiger partial charge is 0.491 e. The van der Waals surface area contributed by atoms with Gasteiger partial charge < -0.3 is 15.4 Å². The van der Waals surface area contributed by atoms with E-state index in [4.69, 9.17) is 4.74 Å². The summed E-state index contributed by atoms with van der Waals surface area (Å²) in [5.74, 6) is 0.334. The average Bonchev–Trinajstić information content (AvgIpc) is 2.62. The molecule has 0 unspecified atom stereocenters. The maximum Gasteiger partial charge on any atom is 0.255 e. The summed E-state index contributed by atoms with van der Waals surface area (Å²) in [6, 6.07) is 13.9. The molecule has 26 heavy (non-hydrogen) atoms. The number of amides is 2. The van der Waals surface area contributed by atoms with E-state index in [1.807, 2.05) is 19.9 Å². The summed E-state index contributed by atoms with van der Waals surface area (Å²) < 4.78 is 5.61. The van der Waals surface area contributed by atoms with Gasteiger partial charge in [-0.2, -0.15) is 0 Å². The number of rotatable bonds is 8. The topological polar surface area (TPSA) is 67.4 Å². The van der Waals surface area contributed by atoms with Crippen molar-refractivity contribution in [1.82, 2.24) is 5.32 Å². The lowest BCUT2D eigenvalue weighted by atomic mass is 10.1. The molecule has 138 valence electrons. The quantitative estimate of drug-likeness (QED) is 0.696. The summed E-state index contributed by atoms with van der Waals surface area (Å²) in [7, 11) is 0. The normalized spacial score (nSPS) is 10.5. The highest BCUT2D eigenvalue weighted by Gasteiger charge is 2.09. The highest BCUT2D eigenvalue weighted by atomic mass is 16.5. The Hall–Kier alpha value is -2.82. The summed E-state index contributed by atoms with van der Waals surface area (Å²) in [6.45, 7) is 6.62. The minimum absolute atomic E-state index is 0.0457. The number of unbranched alkanes of at least 4 members (excludes halogenated alkanes) is 1. The first-order valence-corrected chi connectivity index (χ1v) is 8.96. The van der Waals surface area contributed by atoms with Gasteiger partial charge in [-0.1, -0.05) is 19.4 Å². The predicted molar refractivity (Wildman–Crippen MR) is 104 cm³/mol. The van der Waals surface area contributed by atoms with Gasteiger partial charge in [0.2, 0.25) is 0 Å². The fourth-order valence-corrected chi connectivity index (χ4v) is 2.37. The molecule has 0 heterocycles. The minimum Gasteiger partial charge on any atom is -0.491 e. The van der Waals surface area contributed by atoms with Crippen molar-refractivity contribution in [1.29, 1.82) is 0 Å². The molecule has 0 spiro atoms. The van der Waals surface area contributed by atoms with Crippen LogP contribution in [0.3, 0.4) is 0 Å². The zero-order valence-electron chi connectivity index (χ0n) is 15.5. The van der Waals surface area contributed by atoms with Crippen LogP contribution >= 0.6 is 0 Å². The van der Waals surface area contributed by atoms with Crippen molar-refractivity contribution in [3.05, 3.63) is 59.7 Å². The number of hydrogen-bond donors (Lipinski definition) is 2. The van der Waals surface area contributed by atoms with E-state index >= 15 is 0 Å². The van der Waals surface area contributed by atoms with E-state index in [1.54, 1.807) is 42.5 Å². The van der Waals surface area contributed by atoms with E-state index in [0.717, 1.165) is 12.8 Å². The summed E-state index contributed by atoms with van der Waals surface area (Å²) in [6.07, 6.45) is 2.04. The number of nitrogens with one attached hydrogen (secondary N) is 2. The Morgan fingerprint density at radius 2 is 1.73 bits per heavy atom. The van der Waals surface area contributed by atoms with Crippen LogP contribution in [0, 0.1) is 0 Å². The zero-order valence-corrected chi connectivity index (χ0v) is 15.5. The van der Waals surface area contributed by atoms with Gasteiger partial charge in [-0.05, 0) is 62.7 Å². The van der Waals surface area contributed by atoms with Crippen molar-refractivity contribution in [2.75, 3.05) is 11.9 Å². The van der Waals surface area contributed by atoms with Crippen LogP contribution in [0.1, 0.15) is 54.3 Å². The molecule has 2 aromatic carbocycles. The van der Waals surface area contributed by atoms with E-state index in [9.17, 15) is 9.59 Å². The smallest absolute Gasteiger partial charge is 0.255 e. The number of hydrogen-bond acceptors (Lipinski definition) is 3. The van der Waals surface area contributed by atoms with Crippen molar-refractivity contribution in [3.8, 4) is 5.75 Å².